The molecule has 3 fully saturated rings. The number of carboxylic acids is 1. The monoisotopic (exact) mass is 575 g/mol. The van der Waals surface area contributed by atoms with Gasteiger partial charge >= 0.3 is 5.97 Å². The Morgan fingerprint density at radius 2 is 1.83 bits per heavy atom. The van der Waals surface area contributed by atoms with E-state index in [2.05, 4.69) is 23.3 Å². The Labute approximate surface area is 244 Å². The fourth-order valence-electron chi connectivity index (χ4n) is 6.75. The van der Waals surface area contributed by atoms with Gasteiger partial charge in [-0.1, -0.05) is 17.7 Å². The van der Waals surface area contributed by atoms with Crippen molar-refractivity contribution in [2.75, 3.05) is 31.1 Å². The molecule has 0 radical (unpaired) electrons. The lowest BCUT2D eigenvalue weighted by atomic mass is 9.85. The molecule has 1 amide bonds. The molecule has 9 heteroatoms. The Bertz CT molecular complexity index is 1440. The third-order valence-corrected chi connectivity index (χ3v) is 9.85. The van der Waals surface area contributed by atoms with Crippen LogP contribution in [0.1, 0.15) is 52.7 Å². The first-order chi connectivity index (χ1) is 19.8. The van der Waals surface area contributed by atoms with E-state index in [0.717, 1.165) is 77.6 Å². The van der Waals surface area contributed by atoms with Gasteiger partial charge in [-0.25, -0.2) is 4.98 Å². The summed E-state index contributed by atoms with van der Waals surface area (Å²) in [7, 11) is 0. The van der Waals surface area contributed by atoms with Crippen molar-refractivity contribution in [3.05, 3.63) is 64.0 Å². The van der Waals surface area contributed by atoms with E-state index in [4.69, 9.17) is 9.72 Å². The number of carbonyl (C=O) groups excluding carboxylic acids is 1. The largest absolute Gasteiger partial charge is 0.488 e. The van der Waals surface area contributed by atoms with Crippen molar-refractivity contribution >= 4 is 28.3 Å². The van der Waals surface area contributed by atoms with Crippen molar-refractivity contribution < 1.29 is 24.5 Å². The molecule has 1 saturated carbocycles. The lowest BCUT2D eigenvalue weighted by Crippen LogP contribution is -2.44. The Balaban J connectivity index is 1.16. The lowest BCUT2D eigenvalue weighted by molar-refractivity contribution is -0.144. The molecule has 3 aliphatic rings. The third kappa shape index (κ3) is 5.70. The number of aliphatic hydroxyl groups is 1. The van der Waals surface area contributed by atoms with Crippen LogP contribution in [0.5, 0.6) is 5.75 Å². The number of piperidine rings is 2. The molecule has 4 atom stereocenters. The number of aliphatic hydroxyl groups excluding tert-OH is 1. The molecule has 1 aromatic heterocycles. The number of amides is 1. The highest BCUT2D eigenvalue weighted by Gasteiger charge is 2.46. The van der Waals surface area contributed by atoms with E-state index in [9.17, 15) is 19.8 Å². The number of hydrogen-bond acceptors (Lipinski definition) is 7. The summed E-state index contributed by atoms with van der Waals surface area (Å²) in [5.74, 6) is 0.201. The zero-order chi connectivity index (χ0) is 28.7. The SMILES string of the molecule is Cc1ccc(OCc2ccc(C(=O)N3CCC[C@H](O)C3)cc2C)c(-c2csc(N3CC4CC[C@H](C3)C4C(=O)O)n2)c1. The van der Waals surface area contributed by atoms with Crippen LogP contribution in [-0.2, 0) is 11.4 Å². The first-order valence-corrected chi connectivity index (χ1v) is 15.4. The van der Waals surface area contributed by atoms with Gasteiger partial charge in [0.2, 0.25) is 0 Å². The molecule has 8 nitrogen and oxygen atoms in total. The maximum atomic E-state index is 13.0. The second-order valence-electron chi connectivity index (χ2n) is 11.9. The van der Waals surface area contributed by atoms with Gasteiger partial charge in [0.1, 0.15) is 12.4 Å². The number of aryl methyl sites for hydroxylation is 2. The molecule has 216 valence electrons. The predicted octanol–water partition coefficient (Wildman–Crippen LogP) is 5.15. The molecule has 2 bridgehead atoms. The molecule has 1 aliphatic carbocycles. The van der Waals surface area contributed by atoms with E-state index in [-0.39, 0.29) is 23.7 Å². The fraction of sp³-hybridized carbons (Fsp3) is 0.469. The quantitative estimate of drug-likeness (QED) is 0.402. The molecule has 41 heavy (non-hydrogen) atoms. The van der Waals surface area contributed by atoms with Crippen LogP contribution in [0.15, 0.2) is 41.8 Å². The molecule has 2 saturated heterocycles. The van der Waals surface area contributed by atoms with E-state index in [1.54, 1.807) is 16.2 Å². The van der Waals surface area contributed by atoms with Crippen LogP contribution in [0.4, 0.5) is 5.13 Å². The van der Waals surface area contributed by atoms with E-state index in [1.165, 1.54) is 0 Å². The maximum Gasteiger partial charge on any atom is 0.307 e. The Morgan fingerprint density at radius 3 is 2.54 bits per heavy atom. The number of aromatic nitrogens is 1. The van der Waals surface area contributed by atoms with E-state index < -0.39 is 12.1 Å². The fourth-order valence-corrected chi connectivity index (χ4v) is 7.60. The number of hydrogen-bond donors (Lipinski definition) is 2. The van der Waals surface area contributed by atoms with Crippen molar-refractivity contribution in [3.63, 3.8) is 0 Å². The summed E-state index contributed by atoms with van der Waals surface area (Å²) < 4.78 is 6.34. The van der Waals surface area contributed by atoms with Crippen molar-refractivity contribution in [2.45, 2.75) is 52.2 Å². The number of benzene rings is 2. The highest BCUT2D eigenvalue weighted by Crippen LogP contribution is 2.44. The molecule has 3 heterocycles. The average Bonchev–Trinajstić information content (AvgIpc) is 3.55. The summed E-state index contributed by atoms with van der Waals surface area (Å²) >= 11 is 1.60. The van der Waals surface area contributed by atoms with Crippen LogP contribution in [0.3, 0.4) is 0 Å². The first kappa shape index (κ1) is 27.7. The molecule has 3 aromatic rings. The van der Waals surface area contributed by atoms with Crippen LogP contribution in [0.2, 0.25) is 0 Å². The van der Waals surface area contributed by atoms with E-state index in [1.807, 2.05) is 37.3 Å². The Hall–Kier alpha value is -3.43. The zero-order valence-electron chi connectivity index (χ0n) is 23.6. The molecule has 2 aliphatic heterocycles. The van der Waals surface area contributed by atoms with Crippen molar-refractivity contribution in [1.82, 2.24) is 9.88 Å². The molecule has 6 rings (SSSR count). The van der Waals surface area contributed by atoms with Crippen LogP contribution >= 0.6 is 11.3 Å². The number of thiazole rings is 1. The summed E-state index contributed by atoms with van der Waals surface area (Å²) in [6.07, 6.45) is 3.07. The molecule has 2 unspecified atom stereocenters. The van der Waals surface area contributed by atoms with Gasteiger partial charge in [0, 0.05) is 42.7 Å². The van der Waals surface area contributed by atoms with Gasteiger partial charge in [-0.15, -0.1) is 11.3 Å². The topological polar surface area (TPSA) is 103 Å². The predicted molar refractivity (Wildman–Crippen MR) is 158 cm³/mol. The normalized spacial score (nSPS) is 24.0. The van der Waals surface area contributed by atoms with E-state index >= 15 is 0 Å². The molecule has 0 spiro atoms. The van der Waals surface area contributed by atoms with Crippen LogP contribution in [-0.4, -0.2) is 64.3 Å². The Kier molecular flexibility index (Phi) is 7.74. The van der Waals surface area contributed by atoms with Crippen molar-refractivity contribution in [3.8, 4) is 17.0 Å². The first-order valence-electron chi connectivity index (χ1n) is 14.5. The van der Waals surface area contributed by atoms with Gasteiger partial charge in [0.15, 0.2) is 5.13 Å². The number of anilines is 1. The summed E-state index contributed by atoms with van der Waals surface area (Å²) in [5, 5.41) is 22.6. The lowest BCUT2D eigenvalue weighted by Gasteiger charge is -2.35. The molecule has 2 N–H and O–H groups in total. The Morgan fingerprint density at radius 1 is 1.05 bits per heavy atom. The number of likely N-dealkylation sites (tertiary alicyclic amines) is 1. The minimum atomic E-state index is -0.656. The average molecular weight is 576 g/mol. The highest BCUT2D eigenvalue weighted by molar-refractivity contribution is 7.14. The second-order valence-corrected chi connectivity index (χ2v) is 12.7. The minimum Gasteiger partial charge on any atom is -0.488 e. The van der Waals surface area contributed by atoms with E-state index in [0.29, 0.717) is 25.3 Å². The van der Waals surface area contributed by atoms with Gasteiger partial charge < -0.3 is 24.7 Å². The summed E-state index contributed by atoms with van der Waals surface area (Å²) in [6.45, 7) is 6.96. The number of rotatable bonds is 7. The van der Waals surface area contributed by atoms with Crippen molar-refractivity contribution in [2.24, 2.45) is 17.8 Å². The summed E-state index contributed by atoms with van der Waals surface area (Å²) in [5.41, 5.74) is 5.53. The summed E-state index contributed by atoms with van der Waals surface area (Å²) in [4.78, 5) is 33.7. The number of β-amino-alcohol motifs (C(OH)–C–C–N with tert-alkyl or cyclic N) is 1. The number of aliphatic carboxylic acids is 1. The highest BCUT2D eigenvalue weighted by atomic mass is 32.1. The minimum absolute atomic E-state index is 0.0420. The van der Waals surface area contributed by atoms with Gasteiger partial charge in [0.05, 0.1) is 17.7 Å². The number of ether oxygens (including phenoxy) is 1. The van der Waals surface area contributed by atoms with Gasteiger partial charge in [0.25, 0.3) is 5.91 Å². The third-order valence-electron chi connectivity index (χ3n) is 8.95. The van der Waals surface area contributed by atoms with Crippen molar-refractivity contribution in [1.29, 1.82) is 0 Å². The second kappa shape index (κ2) is 11.4. The smallest absolute Gasteiger partial charge is 0.307 e. The van der Waals surface area contributed by atoms with Crippen LogP contribution in [0.25, 0.3) is 11.3 Å². The van der Waals surface area contributed by atoms with Gasteiger partial charge in [-0.05, 0) is 86.8 Å². The molecule has 2 aromatic carbocycles. The van der Waals surface area contributed by atoms with Crippen LogP contribution < -0.4 is 9.64 Å². The number of fused-ring (bicyclic) bond motifs is 2. The zero-order valence-corrected chi connectivity index (χ0v) is 24.4. The van der Waals surface area contributed by atoms with Gasteiger partial charge in [-0.3, -0.25) is 9.59 Å². The maximum absolute atomic E-state index is 13.0. The standard InChI is InChI=1S/C32H37N3O5S/c1-19-5-10-28(40-17-24-9-6-21(13-20(24)2)30(37)34-11-3-4-25(36)16-34)26(12-19)27-18-41-32(33-27)35-14-22-7-8-23(15-35)29(22)31(38)39/h5-6,9-10,12-13,18,22-23,25,29,36H,3-4,7-8,11,14-17H2,1-2H3,(H,38,39)/t22-,23?,25+,29?/m1/s1. The number of carboxylic acid groups (broad SMARTS) is 1. The number of carbonyl (C=O) groups is 2. The number of nitrogens with zero attached hydrogens (tertiary/aromatic N) is 3. The van der Waals surface area contributed by atoms with Crippen LogP contribution in [0, 0.1) is 31.6 Å². The summed E-state index contributed by atoms with van der Waals surface area (Å²) in [6, 6.07) is 11.8. The van der Waals surface area contributed by atoms with Gasteiger partial charge in [-0.2, -0.15) is 0 Å². The molecular formula is C32H37N3O5S. The molecular weight excluding hydrogens is 538 g/mol.